The molecule has 0 saturated heterocycles. The van der Waals surface area contributed by atoms with E-state index in [0.717, 1.165) is 12.8 Å². The Morgan fingerprint density at radius 3 is 2.67 bits per heavy atom. The van der Waals surface area contributed by atoms with Crippen LogP contribution in [0.1, 0.15) is 56.1 Å². The minimum atomic E-state index is -0.470. The van der Waals surface area contributed by atoms with E-state index in [9.17, 15) is 4.79 Å². The van der Waals surface area contributed by atoms with Crippen LogP contribution in [0.2, 0.25) is 0 Å². The largest absolute Gasteiger partial charge is 0.464 e. The van der Waals surface area contributed by atoms with Gasteiger partial charge in [0.25, 0.3) is 0 Å². The van der Waals surface area contributed by atoms with Crippen molar-refractivity contribution in [1.82, 2.24) is 9.55 Å². The molecule has 0 bridgehead atoms. The van der Waals surface area contributed by atoms with Gasteiger partial charge in [0.15, 0.2) is 5.69 Å². The van der Waals surface area contributed by atoms with Crippen molar-refractivity contribution >= 4 is 11.8 Å². The van der Waals surface area contributed by atoms with Gasteiger partial charge in [-0.25, -0.2) is 9.78 Å². The maximum Gasteiger partial charge on any atom is 0.360 e. The van der Waals surface area contributed by atoms with Gasteiger partial charge in [0.2, 0.25) is 0 Å². The lowest BCUT2D eigenvalue weighted by Crippen LogP contribution is -2.24. The molecule has 0 aliphatic heterocycles. The van der Waals surface area contributed by atoms with E-state index >= 15 is 0 Å². The van der Waals surface area contributed by atoms with Gasteiger partial charge in [-0.2, -0.15) is 0 Å². The number of carbonyl (C=O) groups excluding carboxylic acids is 1. The lowest BCUT2D eigenvalue weighted by atomic mass is 9.75. The Morgan fingerprint density at radius 2 is 2.11 bits per heavy atom. The van der Waals surface area contributed by atoms with Crippen LogP contribution in [0.3, 0.4) is 0 Å². The number of nitrogen functional groups attached to an aromatic ring is 1. The fourth-order valence-corrected chi connectivity index (χ4v) is 2.58. The van der Waals surface area contributed by atoms with Gasteiger partial charge in [0, 0.05) is 6.04 Å². The number of ether oxygens (including phenoxy) is 1. The molecule has 1 aliphatic carbocycles. The van der Waals surface area contributed by atoms with Crippen molar-refractivity contribution in [3.8, 4) is 0 Å². The van der Waals surface area contributed by atoms with Crippen LogP contribution in [0.4, 0.5) is 5.82 Å². The first-order valence-electron chi connectivity index (χ1n) is 6.35. The molecule has 1 saturated carbocycles. The van der Waals surface area contributed by atoms with Crippen LogP contribution in [0.5, 0.6) is 0 Å². The van der Waals surface area contributed by atoms with Crippen LogP contribution in [0, 0.1) is 5.41 Å². The third-order valence-corrected chi connectivity index (χ3v) is 3.91. The summed E-state index contributed by atoms with van der Waals surface area (Å²) in [5, 5.41) is 0. The normalized spacial score (nSPS) is 19.7. The number of imidazole rings is 1. The number of rotatable bonds is 2. The summed E-state index contributed by atoms with van der Waals surface area (Å²) in [6.45, 7) is 4.58. The predicted octanol–water partition coefficient (Wildman–Crippen LogP) is 2.39. The molecule has 5 heteroatoms. The molecule has 0 unspecified atom stereocenters. The van der Waals surface area contributed by atoms with Crippen LogP contribution in [0.25, 0.3) is 0 Å². The van der Waals surface area contributed by atoms with E-state index in [1.807, 2.05) is 4.57 Å². The van der Waals surface area contributed by atoms with Crippen LogP contribution in [-0.2, 0) is 4.74 Å². The maximum atomic E-state index is 11.5. The molecule has 2 N–H and O–H groups in total. The first kappa shape index (κ1) is 12.9. The predicted molar refractivity (Wildman–Crippen MR) is 69.3 cm³/mol. The molecule has 0 radical (unpaired) electrons. The molecule has 1 aliphatic rings. The summed E-state index contributed by atoms with van der Waals surface area (Å²) in [6.07, 6.45) is 6.15. The number of methoxy groups -OCH3 is 1. The van der Waals surface area contributed by atoms with Crippen molar-refractivity contribution in [3.63, 3.8) is 0 Å². The summed E-state index contributed by atoms with van der Waals surface area (Å²) >= 11 is 0. The number of nitrogens with zero attached hydrogens (tertiary/aromatic N) is 2. The van der Waals surface area contributed by atoms with Gasteiger partial charge >= 0.3 is 5.97 Å². The molecular weight excluding hydrogens is 230 g/mol. The third kappa shape index (κ3) is 2.35. The van der Waals surface area contributed by atoms with Crippen molar-refractivity contribution in [2.45, 2.75) is 45.6 Å². The molecule has 1 heterocycles. The summed E-state index contributed by atoms with van der Waals surface area (Å²) in [5.41, 5.74) is 6.62. The molecular formula is C13H21N3O2. The van der Waals surface area contributed by atoms with Crippen LogP contribution >= 0.6 is 0 Å². The number of hydrogen-bond donors (Lipinski definition) is 1. The molecule has 18 heavy (non-hydrogen) atoms. The zero-order chi connectivity index (χ0) is 13.3. The second-order valence-electron chi connectivity index (χ2n) is 5.77. The third-order valence-electron chi connectivity index (χ3n) is 3.91. The van der Waals surface area contributed by atoms with Crippen molar-refractivity contribution in [2.75, 3.05) is 12.8 Å². The van der Waals surface area contributed by atoms with Gasteiger partial charge in [-0.05, 0) is 31.1 Å². The van der Waals surface area contributed by atoms with Gasteiger partial charge in [0.1, 0.15) is 5.82 Å². The van der Waals surface area contributed by atoms with E-state index in [2.05, 4.69) is 23.6 Å². The highest BCUT2D eigenvalue weighted by Gasteiger charge is 2.29. The minimum absolute atomic E-state index is 0.224. The number of aromatic nitrogens is 2. The molecule has 1 aromatic rings. The maximum absolute atomic E-state index is 11.5. The minimum Gasteiger partial charge on any atom is -0.464 e. The van der Waals surface area contributed by atoms with Crippen molar-refractivity contribution in [1.29, 1.82) is 0 Å². The molecule has 5 nitrogen and oxygen atoms in total. The fourth-order valence-electron chi connectivity index (χ4n) is 2.58. The molecule has 0 aromatic carbocycles. The molecule has 100 valence electrons. The van der Waals surface area contributed by atoms with Gasteiger partial charge in [-0.1, -0.05) is 13.8 Å². The van der Waals surface area contributed by atoms with Crippen LogP contribution in [-0.4, -0.2) is 22.6 Å². The quantitative estimate of drug-likeness (QED) is 0.819. The van der Waals surface area contributed by atoms with E-state index in [-0.39, 0.29) is 5.69 Å². The second kappa shape index (κ2) is 4.63. The summed E-state index contributed by atoms with van der Waals surface area (Å²) in [5.74, 6) is -0.0473. The number of anilines is 1. The number of hydrogen-bond acceptors (Lipinski definition) is 4. The highest BCUT2D eigenvalue weighted by atomic mass is 16.5. The Bertz CT molecular complexity index is 441. The molecule has 1 fully saturated rings. The second-order valence-corrected chi connectivity index (χ2v) is 5.77. The number of nitrogens with two attached hydrogens (primary N) is 1. The number of carbonyl (C=O) groups is 1. The molecule has 2 rings (SSSR count). The van der Waals surface area contributed by atoms with E-state index in [0.29, 0.717) is 17.3 Å². The van der Waals surface area contributed by atoms with Crippen molar-refractivity contribution < 1.29 is 9.53 Å². The smallest absolute Gasteiger partial charge is 0.360 e. The van der Waals surface area contributed by atoms with Gasteiger partial charge < -0.3 is 15.0 Å². The lowest BCUT2D eigenvalue weighted by Gasteiger charge is -2.35. The van der Waals surface area contributed by atoms with Crippen LogP contribution < -0.4 is 5.73 Å². The highest BCUT2D eigenvalue weighted by molar-refractivity contribution is 5.92. The van der Waals surface area contributed by atoms with Crippen LogP contribution in [0.15, 0.2) is 6.33 Å². The fraction of sp³-hybridized carbons (Fsp3) is 0.692. The Morgan fingerprint density at radius 1 is 1.50 bits per heavy atom. The van der Waals surface area contributed by atoms with Gasteiger partial charge in [-0.3, -0.25) is 0 Å². The van der Waals surface area contributed by atoms with E-state index in [4.69, 9.17) is 5.73 Å². The van der Waals surface area contributed by atoms with Crippen molar-refractivity contribution in [3.05, 3.63) is 12.0 Å². The monoisotopic (exact) mass is 251 g/mol. The zero-order valence-electron chi connectivity index (χ0n) is 11.3. The zero-order valence-corrected chi connectivity index (χ0v) is 11.3. The SMILES string of the molecule is COC(=O)c1ncn(C2CCC(C)(C)CC2)c1N. The average Bonchev–Trinajstić information content (AvgIpc) is 2.70. The molecule has 0 spiro atoms. The molecule has 0 amide bonds. The standard InChI is InChI=1S/C13H21N3O2/c1-13(2)6-4-9(5-7-13)16-8-15-10(11(16)14)12(17)18-3/h8-9H,4-7,14H2,1-3H3. The number of esters is 1. The summed E-state index contributed by atoms with van der Waals surface area (Å²) in [4.78, 5) is 15.5. The van der Waals surface area contributed by atoms with Gasteiger partial charge in [-0.15, -0.1) is 0 Å². The average molecular weight is 251 g/mol. The first-order valence-corrected chi connectivity index (χ1v) is 6.35. The summed E-state index contributed by atoms with van der Waals surface area (Å²) in [7, 11) is 1.34. The summed E-state index contributed by atoms with van der Waals surface area (Å²) in [6, 6.07) is 0.351. The Kier molecular flexibility index (Phi) is 3.32. The highest BCUT2D eigenvalue weighted by Crippen LogP contribution is 2.41. The lowest BCUT2D eigenvalue weighted by molar-refractivity contribution is 0.0595. The van der Waals surface area contributed by atoms with E-state index in [1.165, 1.54) is 20.0 Å². The first-order chi connectivity index (χ1) is 8.44. The molecule has 1 aromatic heterocycles. The topological polar surface area (TPSA) is 70.1 Å². The van der Waals surface area contributed by atoms with Crippen molar-refractivity contribution in [2.24, 2.45) is 5.41 Å². The van der Waals surface area contributed by atoms with E-state index < -0.39 is 5.97 Å². The Labute approximate surface area is 107 Å². The Hall–Kier alpha value is -1.52. The summed E-state index contributed by atoms with van der Waals surface area (Å²) < 4.78 is 6.57. The van der Waals surface area contributed by atoms with E-state index in [1.54, 1.807) is 6.33 Å². The van der Waals surface area contributed by atoms with Gasteiger partial charge in [0.05, 0.1) is 13.4 Å². The molecule has 0 atom stereocenters. The Balaban J connectivity index is 2.16.